The van der Waals surface area contributed by atoms with E-state index in [1.165, 1.54) is 12.5 Å². The fourth-order valence-corrected chi connectivity index (χ4v) is 3.83. The average Bonchev–Trinajstić information content (AvgIpc) is 3.55. The van der Waals surface area contributed by atoms with Crippen molar-refractivity contribution in [3.63, 3.8) is 0 Å². The molecule has 2 bridgehead atoms. The predicted molar refractivity (Wildman–Crippen MR) is 129 cm³/mol. The largest absolute Gasteiger partial charge is 0.493 e. The van der Waals surface area contributed by atoms with E-state index < -0.39 is 6.04 Å². The maximum absolute atomic E-state index is 13.0. The molecule has 3 N–H and O–H groups in total. The van der Waals surface area contributed by atoms with E-state index in [0.29, 0.717) is 61.8 Å². The van der Waals surface area contributed by atoms with Crippen LogP contribution in [0.1, 0.15) is 51.9 Å². The molecule has 0 unspecified atom stereocenters. The van der Waals surface area contributed by atoms with E-state index >= 15 is 0 Å². The van der Waals surface area contributed by atoms with Crippen molar-refractivity contribution in [2.24, 2.45) is 0 Å². The second-order valence-electron chi connectivity index (χ2n) is 8.71. The molecular weight excluding hydrogens is 464 g/mol. The first-order valence-corrected chi connectivity index (χ1v) is 11.9. The Bertz CT molecular complexity index is 1210. The van der Waals surface area contributed by atoms with Crippen molar-refractivity contribution in [2.45, 2.75) is 45.8 Å². The van der Waals surface area contributed by atoms with Gasteiger partial charge in [0.05, 0.1) is 37.4 Å². The first-order valence-electron chi connectivity index (χ1n) is 11.9. The Hall–Kier alpha value is -4.22. The molecule has 0 saturated carbocycles. The smallest absolute Gasteiger partial charge is 0.272 e. The zero-order chi connectivity index (χ0) is 25.5. The predicted octanol–water partition coefficient (Wildman–Crippen LogP) is 1.06. The van der Waals surface area contributed by atoms with Crippen LogP contribution in [0.5, 0.6) is 5.75 Å². The first kappa shape index (κ1) is 24.9. The van der Waals surface area contributed by atoms with Crippen LogP contribution in [0.25, 0.3) is 0 Å². The van der Waals surface area contributed by atoms with E-state index in [9.17, 15) is 14.4 Å². The number of hydrogen-bond donors (Lipinski definition) is 3. The number of imidazole rings is 1. The van der Waals surface area contributed by atoms with Crippen LogP contribution in [0.15, 0.2) is 36.9 Å². The zero-order valence-corrected chi connectivity index (χ0v) is 20.4. The summed E-state index contributed by atoms with van der Waals surface area (Å²) in [5, 5.41) is 13.9. The van der Waals surface area contributed by atoms with Crippen molar-refractivity contribution in [1.29, 1.82) is 0 Å². The van der Waals surface area contributed by atoms with E-state index in [2.05, 4.69) is 30.9 Å². The molecule has 1 aromatic carbocycles. The Morgan fingerprint density at radius 3 is 2.86 bits per heavy atom. The topological polar surface area (TPSA) is 147 Å². The lowest BCUT2D eigenvalue weighted by molar-refractivity contribution is -0.122. The van der Waals surface area contributed by atoms with Crippen LogP contribution in [0, 0.1) is 6.92 Å². The molecule has 3 aromatic rings. The quantitative estimate of drug-likeness (QED) is 0.458. The third-order valence-electron chi connectivity index (χ3n) is 5.77. The van der Waals surface area contributed by atoms with Gasteiger partial charge < -0.3 is 25.3 Å². The molecule has 1 aliphatic rings. The van der Waals surface area contributed by atoms with Gasteiger partial charge in [-0.15, -0.1) is 5.10 Å². The van der Waals surface area contributed by atoms with E-state index in [4.69, 9.17) is 4.74 Å². The van der Waals surface area contributed by atoms with E-state index in [0.717, 1.165) is 5.56 Å². The van der Waals surface area contributed by atoms with Crippen LogP contribution in [-0.2, 0) is 17.9 Å². The highest BCUT2D eigenvalue weighted by Crippen LogP contribution is 2.21. The van der Waals surface area contributed by atoms with Gasteiger partial charge in [0, 0.05) is 26.1 Å². The molecule has 0 saturated heterocycles. The summed E-state index contributed by atoms with van der Waals surface area (Å²) in [4.78, 5) is 46.8. The molecule has 2 aromatic heterocycles. The van der Waals surface area contributed by atoms with Crippen LogP contribution < -0.4 is 15.4 Å². The van der Waals surface area contributed by atoms with Crippen molar-refractivity contribution in [2.75, 3.05) is 19.7 Å². The monoisotopic (exact) mass is 494 g/mol. The molecule has 0 fully saturated rings. The van der Waals surface area contributed by atoms with Crippen molar-refractivity contribution in [3.05, 3.63) is 59.4 Å². The van der Waals surface area contributed by atoms with Crippen LogP contribution in [0.4, 0.5) is 0 Å². The summed E-state index contributed by atoms with van der Waals surface area (Å²) in [5.74, 6) is -0.459. The van der Waals surface area contributed by atoms with E-state index in [-0.39, 0.29) is 24.3 Å². The number of carbonyl (C=O) groups excluding carboxylic acids is 3. The maximum atomic E-state index is 13.0. The number of benzene rings is 1. The number of amides is 3. The van der Waals surface area contributed by atoms with Gasteiger partial charge in [-0.3, -0.25) is 19.1 Å². The van der Waals surface area contributed by atoms with Gasteiger partial charge in [-0.2, -0.15) is 0 Å². The molecule has 3 amide bonds. The number of aromatic nitrogens is 5. The molecule has 12 nitrogen and oxygen atoms in total. The van der Waals surface area contributed by atoms with E-state index in [1.54, 1.807) is 34.8 Å². The molecule has 3 heterocycles. The minimum Gasteiger partial charge on any atom is -0.493 e. The maximum Gasteiger partial charge on any atom is 0.272 e. The molecule has 36 heavy (non-hydrogen) atoms. The molecule has 1 aliphatic heterocycles. The van der Waals surface area contributed by atoms with Crippen LogP contribution in [0.2, 0.25) is 0 Å². The van der Waals surface area contributed by atoms with Crippen molar-refractivity contribution in [3.8, 4) is 5.75 Å². The van der Waals surface area contributed by atoms with Gasteiger partial charge in [0.1, 0.15) is 23.2 Å². The van der Waals surface area contributed by atoms with Gasteiger partial charge in [0.15, 0.2) is 0 Å². The zero-order valence-electron chi connectivity index (χ0n) is 20.4. The fraction of sp³-hybridized carbons (Fsp3) is 0.417. The fourth-order valence-electron chi connectivity index (χ4n) is 3.83. The van der Waals surface area contributed by atoms with Crippen LogP contribution in [0.3, 0.4) is 0 Å². The highest BCUT2D eigenvalue weighted by molar-refractivity contribution is 5.99. The van der Waals surface area contributed by atoms with Crippen molar-refractivity contribution < 1.29 is 19.1 Å². The number of nitrogens with zero attached hydrogens (tertiary/aromatic N) is 5. The van der Waals surface area contributed by atoms with Crippen molar-refractivity contribution in [1.82, 2.24) is 40.5 Å². The Kier molecular flexibility index (Phi) is 7.93. The van der Waals surface area contributed by atoms with Gasteiger partial charge in [0.25, 0.3) is 11.8 Å². The number of H-pyrrole nitrogens is 1. The number of carbonyl (C=O) groups is 3. The minimum atomic E-state index is -0.745. The Morgan fingerprint density at radius 1 is 1.19 bits per heavy atom. The molecule has 12 heteroatoms. The van der Waals surface area contributed by atoms with Gasteiger partial charge in [-0.1, -0.05) is 11.3 Å². The highest BCUT2D eigenvalue weighted by atomic mass is 16.5. The van der Waals surface area contributed by atoms with Crippen molar-refractivity contribution >= 4 is 17.7 Å². The molecule has 0 radical (unpaired) electrons. The van der Waals surface area contributed by atoms with Gasteiger partial charge in [-0.05, 0) is 38.0 Å². The Labute approximate surface area is 208 Å². The summed E-state index contributed by atoms with van der Waals surface area (Å²) < 4.78 is 7.63. The van der Waals surface area contributed by atoms with Gasteiger partial charge in [0.2, 0.25) is 5.91 Å². The molecule has 1 atom stereocenters. The Balaban J connectivity index is 1.51. The third-order valence-corrected chi connectivity index (χ3v) is 5.77. The summed E-state index contributed by atoms with van der Waals surface area (Å²) in [6.07, 6.45) is 5.87. The summed E-state index contributed by atoms with van der Waals surface area (Å²) in [5.41, 5.74) is 2.35. The molecule has 0 spiro atoms. The number of rotatable bonds is 1. The number of aromatic amines is 1. The lowest BCUT2D eigenvalue weighted by atomic mass is 10.1. The number of aryl methyl sites for hydroxylation is 2. The van der Waals surface area contributed by atoms with Crippen LogP contribution in [-0.4, -0.2) is 73.3 Å². The summed E-state index contributed by atoms with van der Waals surface area (Å²) in [6, 6.07) is 4.59. The number of fused-ring (bicyclic) bond motifs is 3. The van der Waals surface area contributed by atoms with Gasteiger partial charge >= 0.3 is 0 Å². The second kappa shape index (κ2) is 11.5. The summed E-state index contributed by atoms with van der Waals surface area (Å²) in [7, 11) is 0. The number of nitrogens with one attached hydrogen (secondary N) is 3. The standard InChI is InChI=1S/C24H30N8O4/c1-16-5-6-19-21(11-16)36-10-4-9-32-14-18(29-30-32)13-31(24(35)20-12-25-15-27-20)8-3-7-26-22(33)17(2)28-23(19)34/h5-6,11-12,14-15,17H,3-4,7-10,13H2,1-2H3,(H,25,27)(H,26,33)(H,28,34)/t17-/m1/s1. The minimum absolute atomic E-state index is 0.221. The average molecular weight is 495 g/mol. The van der Waals surface area contributed by atoms with E-state index in [1.807, 2.05) is 13.0 Å². The molecule has 0 aliphatic carbocycles. The normalized spacial score (nSPS) is 18.1. The molecule has 4 rings (SSSR count). The third kappa shape index (κ3) is 6.26. The lowest BCUT2D eigenvalue weighted by Crippen LogP contribution is -2.45. The highest BCUT2D eigenvalue weighted by Gasteiger charge is 2.21. The SMILES string of the molecule is Cc1ccc2c(c1)OCCCn1cc(nn1)CN(C(=O)c1cnc[nH]1)CCCNC(=O)[C@@H](C)NC2=O. The second-order valence-corrected chi connectivity index (χ2v) is 8.71. The number of ether oxygens (including phenoxy) is 1. The summed E-state index contributed by atoms with van der Waals surface area (Å²) in [6.45, 7) is 5.44. The molecular formula is C24H30N8O4. The lowest BCUT2D eigenvalue weighted by Gasteiger charge is -2.21. The van der Waals surface area contributed by atoms with Crippen LogP contribution >= 0.6 is 0 Å². The summed E-state index contributed by atoms with van der Waals surface area (Å²) >= 11 is 0. The molecule has 190 valence electrons. The Morgan fingerprint density at radius 2 is 2.06 bits per heavy atom. The van der Waals surface area contributed by atoms with Gasteiger partial charge in [-0.25, -0.2) is 4.98 Å². The number of hydrogen-bond acceptors (Lipinski definition) is 7. The first-order chi connectivity index (χ1) is 17.4.